The molecule has 8 nitrogen and oxygen atoms in total. The third-order valence-corrected chi connectivity index (χ3v) is 4.84. The molecule has 0 aromatic heterocycles. The van der Waals surface area contributed by atoms with E-state index < -0.39 is 41.1 Å². The highest BCUT2D eigenvalue weighted by Gasteiger charge is 2.39. The van der Waals surface area contributed by atoms with E-state index in [0.29, 0.717) is 5.56 Å². The van der Waals surface area contributed by atoms with E-state index in [0.717, 1.165) is 0 Å². The molecule has 34 heavy (non-hydrogen) atoms. The van der Waals surface area contributed by atoms with Crippen LogP contribution in [0.2, 0.25) is 0 Å². The molecule has 0 aliphatic rings. The first-order valence-electron chi connectivity index (χ1n) is 11.5. The van der Waals surface area contributed by atoms with Gasteiger partial charge >= 0.3 is 6.09 Å². The molecule has 3 N–H and O–H groups in total. The molecular formula is C26H41N3O5. The lowest BCUT2D eigenvalue weighted by Crippen LogP contribution is -2.56. The Hall–Kier alpha value is -3.03. The summed E-state index contributed by atoms with van der Waals surface area (Å²) in [6, 6.07) is 2.94. The fourth-order valence-corrected chi connectivity index (χ4v) is 3.38. The van der Waals surface area contributed by atoms with E-state index in [2.05, 4.69) is 17.2 Å². The maximum atomic E-state index is 13.8. The Balaban J connectivity index is 3.54. The number of ether oxygens (including phenoxy) is 1. The molecule has 1 aromatic rings. The van der Waals surface area contributed by atoms with Gasteiger partial charge in [-0.1, -0.05) is 38.1 Å². The Kier molecular flexibility index (Phi) is 9.73. The van der Waals surface area contributed by atoms with Crippen molar-refractivity contribution >= 4 is 17.9 Å². The number of aryl methyl sites for hydroxylation is 1. The first-order chi connectivity index (χ1) is 15.5. The van der Waals surface area contributed by atoms with Crippen LogP contribution in [0.25, 0.3) is 0 Å². The van der Waals surface area contributed by atoms with Gasteiger partial charge in [-0.05, 0) is 59.9 Å². The van der Waals surface area contributed by atoms with Crippen molar-refractivity contribution in [2.45, 2.75) is 85.5 Å². The van der Waals surface area contributed by atoms with Crippen LogP contribution in [-0.2, 0) is 14.3 Å². The second-order valence-electron chi connectivity index (χ2n) is 10.8. The molecule has 0 aliphatic heterocycles. The third kappa shape index (κ3) is 8.39. The summed E-state index contributed by atoms with van der Waals surface area (Å²) in [5.74, 6) is -1.32. The number of phenols is 1. The van der Waals surface area contributed by atoms with Crippen LogP contribution in [0.3, 0.4) is 0 Å². The number of alkyl carbamates (subject to hydrolysis) is 1. The van der Waals surface area contributed by atoms with Crippen molar-refractivity contribution in [1.29, 1.82) is 0 Å². The zero-order valence-electron chi connectivity index (χ0n) is 22.0. The smallest absolute Gasteiger partial charge is 0.408 e. The Morgan fingerprint density at radius 1 is 1.15 bits per heavy atom. The number of carbonyl (C=O) groups is 3. The van der Waals surface area contributed by atoms with E-state index >= 15 is 0 Å². The number of rotatable bonds is 8. The first-order valence-corrected chi connectivity index (χ1v) is 11.5. The molecule has 8 heteroatoms. The SMILES string of the molecule is C=CCN(C(=O)C(NC(=O)OC(C)(C)C)C(C)C)C(C(=O)NC(C)(C)C)c1cccc(C)c1O. The van der Waals surface area contributed by atoms with E-state index in [1.54, 1.807) is 59.7 Å². The van der Waals surface area contributed by atoms with Gasteiger partial charge in [0, 0.05) is 17.6 Å². The number of phenolic OH excluding ortho intramolecular Hbond substituents is 1. The van der Waals surface area contributed by atoms with E-state index in [9.17, 15) is 19.5 Å². The number of nitrogens with zero attached hydrogens (tertiary/aromatic N) is 1. The summed E-state index contributed by atoms with van der Waals surface area (Å²) in [5, 5.41) is 16.4. The van der Waals surface area contributed by atoms with E-state index in [4.69, 9.17) is 4.74 Å². The fraction of sp³-hybridized carbons (Fsp3) is 0.577. The summed E-state index contributed by atoms with van der Waals surface area (Å²) in [5.41, 5.74) is -0.456. The highest BCUT2D eigenvalue weighted by molar-refractivity contribution is 5.93. The maximum absolute atomic E-state index is 13.8. The van der Waals surface area contributed by atoms with Gasteiger partial charge in [-0.2, -0.15) is 0 Å². The minimum Gasteiger partial charge on any atom is -0.507 e. The highest BCUT2D eigenvalue weighted by atomic mass is 16.6. The van der Waals surface area contributed by atoms with Crippen molar-refractivity contribution in [2.75, 3.05) is 6.54 Å². The quantitative estimate of drug-likeness (QED) is 0.488. The van der Waals surface area contributed by atoms with Crippen LogP contribution in [-0.4, -0.2) is 51.6 Å². The monoisotopic (exact) mass is 475 g/mol. The molecule has 2 unspecified atom stereocenters. The van der Waals surface area contributed by atoms with E-state index in [1.165, 1.54) is 11.0 Å². The lowest BCUT2D eigenvalue weighted by molar-refractivity contribution is -0.143. The molecule has 1 aromatic carbocycles. The Bertz CT molecular complexity index is 897. The van der Waals surface area contributed by atoms with Gasteiger partial charge < -0.3 is 25.4 Å². The number of amides is 3. The maximum Gasteiger partial charge on any atom is 0.408 e. The average molecular weight is 476 g/mol. The number of benzene rings is 1. The van der Waals surface area contributed by atoms with Gasteiger partial charge in [-0.15, -0.1) is 6.58 Å². The van der Waals surface area contributed by atoms with Gasteiger partial charge in [0.25, 0.3) is 0 Å². The molecule has 0 saturated carbocycles. The number of para-hydroxylation sites is 1. The molecule has 190 valence electrons. The van der Waals surface area contributed by atoms with Crippen molar-refractivity contribution in [1.82, 2.24) is 15.5 Å². The van der Waals surface area contributed by atoms with E-state index in [1.807, 2.05) is 20.8 Å². The molecule has 0 spiro atoms. The average Bonchev–Trinajstić information content (AvgIpc) is 2.65. The molecule has 0 aliphatic carbocycles. The minimum atomic E-state index is -1.15. The van der Waals surface area contributed by atoms with Crippen LogP contribution >= 0.6 is 0 Å². The second kappa shape index (κ2) is 11.4. The van der Waals surface area contributed by atoms with Gasteiger partial charge in [0.1, 0.15) is 23.4 Å². The van der Waals surface area contributed by atoms with Crippen LogP contribution in [0.1, 0.15) is 72.6 Å². The number of hydrogen-bond donors (Lipinski definition) is 3. The molecule has 3 amide bonds. The fourth-order valence-electron chi connectivity index (χ4n) is 3.38. The normalized spacial score (nSPS) is 13.6. The van der Waals surface area contributed by atoms with Crippen molar-refractivity contribution < 1.29 is 24.2 Å². The summed E-state index contributed by atoms with van der Waals surface area (Å²) in [4.78, 5) is 41.1. The summed E-state index contributed by atoms with van der Waals surface area (Å²) in [6.07, 6.45) is 0.777. The molecule has 1 rings (SSSR count). The predicted molar refractivity (Wildman–Crippen MR) is 133 cm³/mol. The van der Waals surface area contributed by atoms with Gasteiger partial charge in [-0.3, -0.25) is 9.59 Å². The Morgan fingerprint density at radius 3 is 2.21 bits per heavy atom. The van der Waals surface area contributed by atoms with Crippen molar-refractivity contribution in [3.63, 3.8) is 0 Å². The third-order valence-electron chi connectivity index (χ3n) is 4.84. The van der Waals surface area contributed by atoms with Crippen molar-refractivity contribution in [3.05, 3.63) is 42.0 Å². The van der Waals surface area contributed by atoms with E-state index in [-0.39, 0.29) is 23.8 Å². The zero-order valence-corrected chi connectivity index (χ0v) is 22.0. The number of carbonyl (C=O) groups excluding carboxylic acids is 3. The largest absolute Gasteiger partial charge is 0.507 e. The number of aromatic hydroxyl groups is 1. The number of hydrogen-bond acceptors (Lipinski definition) is 5. The van der Waals surface area contributed by atoms with Crippen LogP contribution in [0.15, 0.2) is 30.9 Å². The summed E-state index contributed by atoms with van der Waals surface area (Å²) in [7, 11) is 0. The highest BCUT2D eigenvalue weighted by Crippen LogP contribution is 2.33. The molecule has 0 heterocycles. The van der Waals surface area contributed by atoms with Crippen molar-refractivity contribution in [3.8, 4) is 5.75 Å². The van der Waals surface area contributed by atoms with Crippen LogP contribution in [0.5, 0.6) is 5.75 Å². The minimum absolute atomic E-state index is 0.0215. The van der Waals surface area contributed by atoms with Crippen molar-refractivity contribution in [2.24, 2.45) is 5.92 Å². The Morgan fingerprint density at radius 2 is 1.74 bits per heavy atom. The lowest BCUT2D eigenvalue weighted by Gasteiger charge is -2.36. The molecule has 0 radical (unpaired) electrons. The standard InChI is InChI=1S/C26H41N3O5/c1-11-15-29(23(32)19(16(2)3)27-24(33)34-26(8,9)10)20(22(31)28-25(5,6)7)18-14-12-13-17(4)21(18)30/h11-14,16,19-20,30H,1,15H2,2-10H3,(H,27,33)(H,28,31). The van der Waals surface area contributed by atoms with Crippen LogP contribution in [0.4, 0.5) is 4.79 Å². The van der Waals surface area contributed by atoms with Crippen LogP contribution < -0.4 is 10.6 Å². The summed E-state index contributed by atoms with van der Waals surface area (Å²) >= 11 is 0. The Labute approximate surface area is 203 Å². The molecular weight excluding hydrogens is 434 g/mol. The summed E-state index contributed by atoms with van der Waals surface area (Å²) < 4.78 is 5.34. The molecule has 0 saturated heterocycles. The van der Waals surface area contributed by atoms with Crippen LogP contribution in [0, 0.1) is 12.8 Å². The second-order valence-corrected chi connectivity index (χ2v) is 10.8. The predicted octanol–water partition coefficient (Wildman–Crippen LogP) is 4.22. The summed E-state index contributed by atoms with van der Waals surface area (Å²) in [6.45, 7) is 19.8. The molecule has 0 fully saturated rings. The molecule has 2 atom stereocenters. The van der Waals surface area contributed by atoms with Gasteiger partial charge in [-0.25, -0.2) is 4.79 Å². The van der Waals surface area contributed by atoms with Gasteiger partial charge in [0.2, 0.25) is 11.8 Å². The number of nitrogens with one attached hydrogen (secondary N) is 2. The van der Waals surface area contributed by atoms with Gasteiger partial charge in [0.05, 0.1) is 0 Å². The van der Waals surface area contributed by atoms with Gasteiger partial charge in [0.15, 0.2) is 0 Å². The molecule has 0 bridgehead atoms. The first kappa shape index (κ1) is 29.0. The zero-order chi connectivity index (χ0) is 26.4. The lowest BCUT2D eigenvalue weighted by atomic mass is 9.96. The topological polar surface area (TPSA) is 108 Å².